The van der Waals surface area contributed by atoms with E-state index >= 15 is 0 Å². The second-order valence-electron chi connectivity index (χ2n) is 6.71. The predicted molar refractivity (Wildman–Crippen MR) is 103 cm³/mol. The third-order valence-corrected chi connectivity index (χ3v) is 5.67. The number of ether oxygens (including phenoxy) is 2. The molecule has 2 aromatic rings. The summed E-state index contributed by atoms with van der Waals surface area (Å²) < 4.78 is 39.0. The van der Waals surface area contributed by atoms with Crippen molar-refractivity contribution < 1.29 is 17.9 Å². The van der Waals surface area contributed by atoms with E-state index in [1.807, 2.05) is 31.2 Å². The quantitative estimate of drug-likeness (QED) is 0.753. The molecule has 0 fully saturated rings. The van der Waals surface area contributed by atoms with Gasteiger partial charge in [-0.25, -0.2) is 13.1 Å². The molecule has 26 heavy (non-hydrogen) atoms. The van der Waals surface area contributed by atoms with Crippen LogP contribution in [0.1, 0.15) is 37.4 Å². The number of hydrogen-bond acceptors (Lipinski definition) is 4. The molecule has 0 aromatic heterocycles. The van der Waals surface area contributed by atoms with E-state index in [2.05, 4.69) is 18.6 Å². The van der Waals surface area contributed by atoms with Gasteiger partial charge in [0, 0.05) is 6.04 Å². The fourth-order valence-electron chi connectivity index (χ4n) is 2.83. The second kappa shape index (κ2) is 8.56. The normalized spacial score (nSPS) is 12.8. The standard InChI is InChI=1S/C20H27NO4S/c1-14(2)12-19(16-6-8-17(24-4)9-7-16)21-26(22,23)18-10-11-20(25-5)15(3)13-18/h6-11,13-14,19,21H,12H2,1-5H3/t19-/m1/s1. The highest BCUT2D eigenvalue weighted by molar-refractivity contribution is 7.89. The van der Waals surface area contributed by atoms with Gasteiger partial charge in [0.1, 0.15) is 11.5 Å². The highest BCUT2D eigenvalue weighted by atomic mass is 32.2. The summed E-state index contributed by atoms with van der Waals surface area (Å²) in [4.78, 5) is 0.234. The van der Waals surface area contributed by atoms with Gasteiger partial charge in [-0.05, 0) is 60.7 Å². The molecule has 0 radical (unpaired) electrons. The van der Waals surface area contributed by atoms with Gasteiger partial charge in [0.05, 0.1) is 19.1 Å². The molecule has 2 aromatic carbocycles. The molecule has 2 rings (SSSR count). The maximum Gasteiger partial charge on any atom is 0.241 e. The molecule has 0 saturated heterocycles. The number of nitrogens with one attached hydrogen (secondary N) is 1. The van der Waals surface area contributed by atoms with Crippen LogP contribution in [0.2, 0.25) is 0 Å². The van der Waals surface area contributed by atoms with Gasteiger partial charge in [-0.2, -0.15) is 0 Å². The Balaban J connectivity index is 2.32. The first kappa shape index (κ1) is 20.3. The van der Waals surface area contributed by atoms with Gasteiger partial charge in [0.15, 0.2) is 0 Å². The minimum absolute atomic E-state index is 0.234. The highest BCUT2D eigenvalue weighted by Gasteiger charge is 2.23. The maximum absolute atomic E-state index is 12.9. The first-order chi connectivity index (χ1) is 12.3. The van der Waals surface area contributed by atoms with Gasteiger partial charge in [-0.1, -0.05) is 26.0 Å². The van der Waals surface area contributed by atoms with Crippen LogP contribution in [-0.2, 0) is 10.0 Å². The maximum atomic E-state index is 12.9. The minimum atomic E-state index is -3.65. The van der Waals surface area contributed by atoms with Crippen LogP contribution in [-0.4, -0.2) is 22.6 Å². The smallest absolute Gasteiger partial charge is 0.241 e. The van der Waals surface area contributed by atoms with Crippen LogP contribution in [0.5, 0.6) is 11.5 Å². The van der Waals surface area contributed by atoms with Crippen molar-refractivity contribution in [3.63, 3.8) is 0 Å². The third-order valence-electron chi connectivity index (χ3n) is 4.20. The Labute approximate surface area is 156 Å². The van der Waals surface area contributed by atoms with Crippen LogP contribution in [0.25, 0.3) is 0 Å². The summed E-state index contributed by atoms with van der Waals surface area (Å²) in [5, 5.41) is 0. The van der Waals surface area contributed by atoms with Crippen LogP contribution in [0.15, 0.2) is 47.4 Å². The van der Waals surface area contributed by atoms with Crippen LogP contribution in [0, 0.1) is 12.8 Å². The fourth-order valence-corrected chi connectivity index (χ4v) is 4.16. The first-order valence-corrected chi connectivity index (χ1v) is 10.1. The largest absolute Gasteiger partial charge is 0.497 e. The summed E-state index contributed by atoms with van der Waals surface area (Å²) in [6, 6.07) is 12.0. The predicted octanol–water partition coefficient (Wildman–Crippen LogP) is 4.08. The minimum Gasteiger partial charge on any atom is -0.497 e. The number of methoxy groups -OCH3 is 2. The Kier molecular flexibility index (Phi) is 6.67. The SMILES string of the molecule is COc1ccc([C@@H](CC(C)C)NS(=O)(=O)c2ccc(OC)c(C)c2)cc1. The Morgan fingerprint density at radius 2 is 1.65 bits per heavy atom. The molecule has 0 spiro atoms. The van der Waals surface area contributed by atoms with Gasteiger partial charge in [-0.15, -0.1) is 0 Å². The van der Waals surface area contributed by atoms with Crippen molar-refractivity contribution in [3.05, 3.63) is 53.6 Å². The number of aryl methyl sites for hydroxylation is 1. The number of hydrogen-bond donors (Lipinski definition) is 1. The van der Waals surface area contributed by atoms with Crippen molar-refractivity contribution in [2.45, 2.75) is 38.1 Å². The van der Waals surface area contributed by atoms with Crippen molar-refractivity contribution in [2.24, 2.45) is 5.92 Å². The van der Waals surface area contributed by atoms with Crippen molar-refractivity contribution in [2.75, 3.05) is 14.2 Å². The van der Waals surface area contributed by atoms with Crippen molar-refractivity contribution >= 4 is 10.0 Å². The molecule has 0 aliphatic heterocycles. The highest BCUT2D eigenvalue weighted by Crippen LogP contribution is 2.27. The Morgan fingerprint density at radius 3 is 2.15 bits per heavy atom. The average Bonchev–Trinajstić information content (AvgIpc) is 2.60. The molecule has 0 saturated carbocycles. The molecule has 0 amide bonds. The summed E-state index contributed by atoms with van der Waals surface area (Å²) in [5.74, 6) is 1.74. The van der Waals surface area contributed by atoms with Crippen LogP contribution < -0.4 is 14.2 Å². The molecule has 0 aliphatic carbocycles. The van der Waals surface area contributed by atoms with E-state index in [1.165, 1.54) is 0 Å². The van der Waals surface area contributed by atoms with Crippen LogP contribution >= 0.6 is 0 Å². The Bertz CT molecular complexity index is 829. The lowest BCUT2D eigenvalue weighted by Gasteiger charge is -2.21. The number of sulfonamides is 1. The zero-order valence-electron chi connectivity index (χ0n) is 15.9. The zero-order valence-corrected chi connectivity index (χ0v) is 16.8. The second-order valence-corrected chi connectivity index (χ2v) is 8.42. The molecule has 0 bridgehead atoms. The van der Waals surface area contributed by atoms with E-state index in [-0.39, 0.29) is 10.9 Å². The van der Waals surface area contributed by atoms with Gasteiger partial charge in [0.2, 0.25) is 10.0 Å². The van der Waals surface area contributed by atoms with Crippen LogP contribution in [0.4, 0.5) is 0 Å². The van der Waals surface area contributed by atoms with Crippen molar-refractivity contribution in [1.82, 2.24) is 4.72 Å². The fraction of sp³-hybridized carbons (Fsp3) is 0.400. The molecule has 6 heteroatoms. The molecule has 0 heterocycles. The van der Waals surface area contributed by atoms with Gasteiger partial charge in [-0.3, -0.25) is 0 Å². The summed E-state index contributed by atoms with van der Waals surface area (Å²) in [6.07, 6.45) is 0.695. The molecular formula is C20H27NO4S. The Morgan fingerprint density at radius 1 is 1.00 bits per heavy atom. The first-order valence-electron chi connectivity index (χ1n) is 8.57. The van der Waals surface area contributed by atoms with E-state index in [0.29, 0.717) is 18.1 Å². The number of rotatable bonds is 8. The summed E-state index contributed by atoms with van der Waals surface area (Å²) in [7, 11) is -0.480. The lowest BCUT2D eigenvalue weighted by molar-refractivity contribution is 0.411. The van der Waals surface area contributed by atoms with Gasteiger partial charge >= 0.3 is 0 Å². The van der Waals surface area contributed by atoms with Crippen molar-refractivity contribution in [1.29, 1.82) is 0 Å². The average molecular weight is 378 g/mol. The van der Waals surface area contributed by atoms with Gasteiger partial charge < -0.3 is 9.47 Å². The topological polar surface area (TPSA) is 64.6 Å². The van der Waals surface area contributed by atoms with Crippen LogP contribution in [0.3, 0.4) is 0 Å². The lowest BCUT2D eigenvalue weighted by Crippen LogP contribution is -2.29. The van der Waals surface area contributed by atoms with Crippen molar-refractivity contribution in [3.8, 4) is 11.5 Å². The monoisotopic (exact) mass is 377 g/mol. The van der Waals surface area contributed by atoms with E-state index in [4.69, 9.17) is 9.47 Å². The summed E-state index contributed by atoms with van der Waals surface area (Å²) in [5.41, 5.74) is 1.69. The molecular weight excluding hydrogens is 350 g/mol. The summed E-state index contributed by atoms with van der Waals surface area (Å²) in [6.45, 7) is 5.97. The molecule has 1 atom stereocenters. The van der Waals surface area contributed by atoms with E-state index in [9.17, 15) is 8.42 Å². The molecule has 0 unspecified atom stereocenters. The number of benzene rings is 2. The van der Waals surface area contributed by atoms with E-state index in [1.54, 1.807) is 32.4 Å². The molecule has 1 N–H and O–H groups in total. The van der Waals surface area contributed by atoms with E-state index < -0.39 is 10.0 Å². The summed E-state index contributed by atoms with van der Waals surface area (Å²) >= 11 is 0. The van der Waals surface area contributed by atoms with Gasteiger partial charge in [0.25, 0.3) is 0 Å². The molecule has 0 aliphatic rings. The third kappa shape index (κ3) is 4.99. The molecule has 142 valence electrons. The zero-order chi connectivity index (χ0) is 19.3. The van der Waals surface area contributed by atoms with E-state index in [0.717, 1.165) is 16.9 Å². The molecule has 5 nitrogen and oxygen atoms in total. The lowest BCUT2D eigenvalue weighted by atomic mass is 9.98. The Hall–Kier alpha value is -2.05.